The fourth-order valence-electron chi connectivity index (χ4n) is 4.17. The van der Waals surface area contributed by atoms with E-state index in [1.807, 2.05) is 12.3 Å². The monoisotopic (exact) mass is 364 g/mol. The Morgan fingerprint density at radius 3 is 2.81 bits per heavy atom. The average molecular weight is 364 g/mol. The number of ether oxygens (including phenoxy) is 2. The van der Waals surface area contributed by atoms with E-state index in [1.54, 1.807) is 0 Å². The summed E-state index contributed by atoms with van der Waals surface area (Å²) in [5.41, 5.74) is 2.36. The lowest BCUT2D eigenvalue weighted by molar-refractivity contribution is -0.158. The molecule has 0 spiro atoms. The second-order valence-corrected chi connectivity index (χ2v) is 7.40. The van der Waals surface area contributed by atoms with Crippen molar-refractivity contribution < 1.29 is 18.3 Å². The number of alkyl halides is 2. The number of aromatic nitrogens is 1. The van der Waals surface area contributed by atoms with Crippen LogP contribution < -0.4 is 4.74 Å². The first kappa shape index (κ1) is 17.7. The van der Waals surface area contributed by atoms with Gasteiger partial charge in [-0.05, 0) is 62.3 Å². The topological polar surface area (TPSA) is 37.5 Å². The number of nitrogens with zero attached hydrogens (tertiary/aromatic N) is 1. The van der Waals surface area contributed by atoms with Crippen molar-refractivity contribution in [1.82, 2.24) is 9.88 Å². The van der Waals surface area contributed by atoms with Crippen molar-refractivity contribution in [2.24, 2.45) is 0 Å². The molecule has 0 amide bonds. The molecule has 1 saturated heterocycles. The lowest BCUT2D eigenvalue weighted by atomic mass is 10.1. The molecule has 6 heteroatoms. The quantitative estimate of drug-likeness (QED) is 0.794. The number of hydrogen-bond donors (Lipinski definition) is 1. The minimum atomic E-state index is -2.67. The number of halogens is 2. The standard InChI is InChI=1S/C20H26F2N2O2/c21-20(22)26-17-8-10-24(13-17)9-7-14-12-23-19-6-5-16(11-18(14)19)25-15-3-1-2-4-15/h5-6,11-12,15,17,20,23H,1-4,7-10,13H2/t17-/m1/s1. The first-order chi connectivity index (χ1) is 12.7. The molecule has 1 atom stereocenters. The maximum Gasteiger partial charge on any atom is 0.345 e. The molecule has 142 valence electrons. The predicted octanol–water partition coefficient (Wildman–Crippen LogP) is 4.35. The van der Waals surface area contributed by atoms with Gasteiger partial charge in [0.1, 0.15) is 5.75 Å². The van der Waals surface area contributed by atoms with Crippen molar-refractivity contribution in [3.05, 3.63) is 30.0 Å². The highest BCUT2D eigenvalue weighted by atomic mass is 19.3. The highest BCUT2D eigenvalue weighted by Gasteiger charge is 2.25. The molecule has 0 radical (unpaired) electrons. The van der Waals surface area contributed by atoms with E-state index in [0.717, 1.165) is 43.6 Å². The third-order valence-electron chi connectivity index (χ3n) is 5.57. The highest BCUT2D eigenvalue weighted by Crippen LogP contribution is 2.28. The van der Waals surface area contributed by atoms with Gasteiger partial charge in [-0.3, -0.25) is 0 Å². The molecule has 2 aliphatic rings. The van der Waals surface area contributed by atoms with Crippen molar-refractivity contribution >= 4 is 10.9 Å². The Balaban J connectivity index is 1.37. The van der Waals surface area contributed by atoms with E-state index < -0.39 is 6.61 Å². The zero-order valence-corrected chi connectivity index (χ0v) is 14.9. The Hall–Kier alpha value is -1.66. The summed E-state index contributed by atoms with van der Waals surface area (Å²) in [7, 11) is 0. The summed E-state index contributed by atoms with van der Waals surface area (Å²) in [4.78, 5) is 5.52. The molecule has 1 saturated carbocycles. The molecule has 4 nitrogen and oxygen atoms in total. The lowest BCUT2D eigenvalue weighted by Crippen LogP contribution is -2.26. The Bertz CT molecular complexity index is 728. The SMILES string of the molecule is FC(F)O[C@@H]1CCN(CCc2c[nH]c3ccc(OC4CCCC4)cc23)C1. The van der Waals surface area contributed by atoms with Gasteiger partial charge in [-0.2, -0.15) is 8.78 Å². The molecular formula is C20H26F2N2O2. The van der Waals surface area contributed by atoms with Crippen LogP contribution >= 0.6 is 0 Å². The van der Waals surface area contributed by atoms with Crippen LogP contribution in [0.4, 0.5) is 8.78 Å². The van der Waals surface area contributed by atoms with Crippen LogP contribution in [0.2, 0.25) is 0 Å². The van der Waals surface area contributed by atoms with E-state index in [-0.39, 0.29) is 6.10 Å². The number of hydrogen-bond acceptors (Lipinski definition) is 3. The summed E-state index contributed by atoms with van der Waals surface area (Å²) in [6, 6.07) is 6.24. The maximum atomic E-state index is 12.3. The van der Waals surface area contributed by atoms with Gasteiger partial charge in [-0.25, -0.2) is 0 Å². The average Bonchev–Trinajstić information content (AvgIpc) is 3.34. The summed E-state index contributed by atoms with van der Waals surface area (Å²) in [6.45, 7) is -0.422. The van der Waals surface area contributed by atoms with Gasteiger partial charge in [0.15, 0.2) is 0 Å². The molecule has 0 bridgehead atoms. The summed E-state index contributed by atoms with van der Waals surface area (Å²) in [6.07, 6.45) is 8.43. The zero-order chi connectivity index (χ0) is 17.9. The van der Waals surface area contributed by atoms with Crippen LogP contribution in [0.15, 0.2) is 24.4 Å². The summed E-state index contributed by atoms with van der Waals surface area (Å²) in [5.74, 6) is 0.941. The van der Waals surface area contributed by atoms with Gasteiger partial charge in [-0.1, -0.05) is 0 Å². The molecule has 0 unspecified atom stereocenters. The van der Waals surface area contributed by atoms with E-state index in [4.69, 9.17) is 4.74 Å². The van der Waals surface area contributed by atoms with E-state index in [1.165, 1.54) is 23.8 Å². The second-order valence-electron chi connectivity index (χ2n) is 7.40. The van der Waals surface area contributed by atoms with E-state index in [2.05, 4.69) is 26.8 Å². The van der Waals surface area contributed by atoms with Crippen molar-refractivity contribution in [2.45, 2.75) is 57.3 Å². The summed E-state index contributed by atoms with van der Waals surface area (Å²) >= 11 is 0. The van der Waals surface area contributed by atoms with Gasteiger partial charge in [0.25, 0.3) is 0 Å². The molecule has 1 aromatic heterocycles. The number of fused-ring (bicyclic) bond motifs is 1. The van der Waals surface area contributed by atoms with Crippen molar-refractivity contribution in [3.8, 4) is 5.75 Å². The van der Waals surface area contributed by atoms with Gasteiger partial charge >= 0.3 is 6.61 Å². The van der Waals surface area contributed by atoms with Gasteiger partial charge in [-0.15, -0.1) is 0 Å². The normalized spacial score (nSPS) is 22.0. The molecular weight excluding hydrogens is 338 g/mol. The molecule has 1 aliphatic carbocycles. The van der Waals surface area contributed by atoms with Crippen LogP contribution in [0.3, 0.4) is 0 Å². The van der Waals surface area contributed by atoms with Crippen molar-refractivity contribution in [1.29, 1.82) is 0 Å². The van der Waals surface area contributed by atoms with Gasteiger partial charge in [0.05, 0.1) is 12.2 Å². The Morgan fingerprint density at radius 1 is 1.15 bits per heavy atom. The third kappa shape index (κ3) is 4.18. The van der Waals surface area contributed by atoms with Crippen LogP contribution in [0.5, 0.6) is 5.75 Å². The minimum Gasteiger partial charge on any atom is -0.490 e. The number of H-pyrrole nitrogens is 1. The minimum absolute atomic E-state index is 0.343. The fraction of sp³-hybridized carbons (Fsp3) is 0.600. The van der Waals surface area contributed by atoms with Gasteiger partial charge < -0.3 is 19.4 Å². The van der Waals surface area contributed by atoms with Crippen LogP contribution in [0.1, 0.15) is 37.7 Å². The number of likely N-dealkylation sites (tertiary alicyclic amines) is 1. The molecule has 1 aliphatic heterocycles. The molecule has 1 N–H and O–H groups in total. The van der Waals surface area contributed by atoms with Crippen LogP contribution in [0, 0.1) is 0 Å². The molecule has 2 fully saturated rings. The Labute approximate surface area is 152 Å². The van der Waals surface area contributed by atoms with Crippen molar-refractivity contribution in [3.63, 3.8) is 0 Å². The summed E-state index contributed by atoms with van der Waals surface area (Å²) < 4.78 is 35.4. The molecule has 26 heavy (non-hydrogen) atoms. The maximum absolute atomic E-state index is 12.3. The largest absolute Gasteiger partial charge is 0.490 e. The number of nitrogens with one attached hydrogen (secondary N) is 1. The van der Waals surface area contributed by atoms with Gasteiger partial charge in [0, 0.05) is 36.7 Å². The van der Waals surface area contributed by atoms with Crippen molar-refractivity contribution in [2.75, 3.05) is 19.6 Å². The van der Waals surface area contributed by atoms with E-state index in [9.17, 15) is 8.78 Å². The fourth-order valence-corrected chi connectivity index (χ4v) is 4.17. The molecule has 2 aromatic rings. The highest BCUT2D eigenvalue weighted by molar-refractivity contribution is 5.84. The molecule has 2 heterocycles. The number of rotatable bonds is 7. The number of aromatic amines is 1. The zero-order valence-electron chi connectivity index (χ0n) is 14.9. The van der Waals surface area contributed by atoms with Gasteiger partial charge in [0.2, 0.25) is 0 Å². The number of benzene rings is 1. The van der Waals surface area contributed by atoms with Crippen LogP contribution in [0.25, 0.3) is 10.9 Å². The molecule has 1 aromatic carbocycles. The lowest BCUT2D eigenvalue weighted by Gasteiger charge is -2.16. The van der Waals surface area contributed by atoms with E-state index >= 15 is 0 Å². The first-order valence-electron chi connectivity index (χ1n) is 9.60. The van der Waals surface area contributed by atoms with Crippen LogP contribution in [-0.2, 0) is 11.2 Å². The Morgan fingerprint density at radius 2 is 2.00 bits per heavy atom. The first-order valence-corrected chi connectivity index (χ1v) is 9.60. The predicted molar refractivity (Wildman–Crippen MR) is 96.8 cm³/mol. The van der Waals surface area contributed by atoms with E-state index in [0.29, 0.717) is 19.1 Å². The smallest absolute Gasteiger partial charge is 0.345 e. The Kier molecular flexibility index (Phi) is 5.41. The third-order valence-corrected chi connectivity index (χ3v) is 5.57. The van der Waals surface area contributed by atoms with Crippen LogP contribution in [-0.4, -0.2) is 48.3 Å². The second kappa shape index (κ2) is 7.92. The molecule has 4 rings (SSSR count). The summed E-state index contributed by atoms with van der Waals surface area (Å²) in [5, 5.41) is 1.19.